The van der Waals surface area contributed by atoms with E-state index < -0.39 is 11.9 Å². The van der Waals surface area contributed by atoms with Crippen molar-refractivity contribution in [3.8, 4) is 0 Å². The molecule has 4 nitrogen and oxygen atoms in total. The molecule has 6 heteroatoms. The largest absolute Gasteiger partial charge is 0.397 e. The van der Waals surface area contributed by atoms with Crippen LogP contribution in [0.1, 0.15) is 20.8 Å². The molecule has 100 valence electrons. The molecule has 1 amide bonds. The minimum atomic E-state index is -0.490. The van der Waals surface area contributed by atoms with Gasteiger partial charge in [0.1, 0.15) is 11.9 Å². The lowest BCUT2D eigenvalue weighted by Crippen LogP contribution is -2.41. The molecule has 1 atom stereocenters. The van der Waals surface area contributed by atoms with Crippen LogP contribution < -0.4 is 16.4 Å². The lowest BCUT2D eigenvalue weighted by molar-refractivity contribution is -0.122. The normalized spacial score (nSPS) is 12.3. The summed E-state index contributed by atoms with van der Waals surface area (Å²) in [4.78, 5) is 11.7. The summed E-state index contributed by atoms with van der Waals surface area (Å²) in [5, 5.41) is 5.65. The zero-order valence-corrected chi connectivity index (χ0v) is 12.1. The maximum absolute atomic E-state index is 13.4. The highest BCUT2D eigenvalue weighted by Gasteiger charge is 2.15. The first kappa shape index (κ1) is 14.8. The predicted octanol–water partition coefficient (Wildman–Crippen LogP) is 2.50. The fourth-order valence-corrected chi connectivity index (χ4v) is 1.76. The van der Waals surface area contributed by atoms with Crippen LogP contribution >= 0.6 is 15.9 Å². The van der Waals surface area contributed by atoms with Gasteiger partial charge >= 0.3 is 0 Å². The van der Waals surface area contributed by atoms with Crippen LogP contribution in [-0.4, -0.2) is 18.0 Å². The number of carbonyl (C=O) groups is 1. The van der Waals surface area contributed by atoms with Gasteiger partial charge in [-0.05, 0) is 42.8 Å². The van der Waals surface area contributed by atoms with Gasteiger partial charge in [0.05, 0.1) is 15.8 Å². The highest BCUT2D eigenvalue weighted by Crippen LogP contribution is 2.26. The van der Waals surface area contributed by atoms with Gasteiger partial charge in [-0.1, -0.05) is 0 Å². The molecule has 0 saturated heterocycles. The third-order valence-corrected chi connectivity index (χ3v) is 2.90. The molecule has 0 aromatic heterocycles. The Labute approximate surface area is 114 Å². The second-order valence-corrected chi connectivity index (χ2v) is 5.24. The molecule has 0 aliphatic heterocycles. The zero-order valence-electron chi connectivity index (χ0n) is 10.6. The fourth-order valence-electron chi connectivity index (χ4n) is 1.40. The lowest BCUT2D eigenvalue weighted by Gasteiger charge is -2.18. The third-order valence-electron chi connectivity index (χ3n) is 2.29. The molecule has 0 saturated carbocycles. The Morgan fingerprint density at radius 2 is 2.00 bits per heavy atom. The van der Waals surface area contributed by atoms with Gasteiger partial charge in [0, 0.05) is 12.1 Å². The zero-order chi connectivity index (χ0) is 13.9. The fraction of sp³-hybridized carbons (Fsp3) is 0.417. The van der Waals surface area contributed by atoms with Crippen LogP contribution in [0.2, 0.25) is 0 Å². The van der Waals surface area contributed by atoms with Gasteiger partial charge in [0.2, 0.25) is 5.91 Å². The smallest absolute Gasteiger partial charge is 0.242 e. The van der Waals surface area contributed by atoms with Crippen LogP contribution in [0.15, 0.2) is 16.6 Å². The Bertz CT molecular complexity index is 451. The van der Waals surface area contributed by atoms with E-state index in [1.54, 1.807) is 6.92 Å². The molecule has 0 radical (unpaired) electrons. The van der Waals surface area contributed by atoms with Crippen molar-refractivity contribution >= 4 is 33.2 Å². The summed E-state index contributed by atoms with van der Waals surface area (Å²) < 4.78 is 13.7. The van der Waals surface area contributed by atoms with E-state index in [0.717, 1.165) is 0 Å². The van der Waals surface area contributed by atoms with Crippen LogP contribution in [0.5, 0.6) is 0 Å². The summed E-state index contributed by atoms with van der Waals surface area (Å²) in [6.45, 7) is 5.44. The summed E-state index contributed by atoms with van der Waals surface area (Å²) in [6.07, 6.45) is 0. The Morgan fingerprint density at radius 1 is 1.39 bits per heavy atom. The first-order valence-electron chi connectivity index (χ1n) is 5.62. The van der Waals surface area contributed by atoms with E-state index in [4.69, 9.17) is 5.73 Å². The van der Waals surface area contributed by atoms with E-state index in [1.807, 2.05) is 13.8 Å². The number of hydrogen-bond donors (Lipinski definition) is 3. The second-order valence-electron chi connectivity index (χ2n) is 4.38. The van der Waals surface area contributed by atoms with Crippen LogP contribution in [0.3, 0.4) is 0 Å². The van der Waals surface area contributed by atoms with Crippen molar-refractivity contribution in [2.75, 3.05) is 11.1 Å². The molecule has 0 heterocycles. The van der Waals surface area contributed by atoms with E-state index in [0.29, 0.717) is 15.8 Å². The summed E-state index contributed by atoms with van der Waals surface area (Å²) in [5.74, 6) is -0.587. The van der Waals surface area contributed by atoms with Crippen molar-refractivity contribution in [2.45, 2.75) is 32.9 Å². The molecular formula is C12H17BrFN3O. The number of rotatable bonds is 4. The minimum Gasteiger partial charge on any atom is -0.397 e. The molecule has 1 aromatic rings. The molecule has 18 heavy (non-hydrogen) atoms. The number of amides is 1. The summed E-state index contributed by atoms with van der Waals surface area (Å²) in [7, 11) is 0. The first-order chi connectivity index (χ1) is 8.31. The number of carbonyl (C=O) groups excluding carboxylic acids is 1. The van der Waals surface area contributed by atoms with Crippen molar-refractivity contribution in [2.24, 2.45) is 0 Å². The highest BCUT2D eigenvalue weighted by molar-refractivity contribution is 9.10. The lowest BCUT2D eigenvalue weighted by atomic mass is 10.2. The van der Waals surface area contributed by atoms with Gasteiger partial charge in [0.25, 0.3) is 0 Å². The maximum atomic E-state index is 13.4. The van der Waals surface area contributed by atoms with E-state index >= 15 is 0 Å². The molecule has 4 N–H and O–H groups in total. The average Bonchev–Trinajstić information content (AvgIpc) is 2.24. The van der Waals surface area contributed by atoms with Crippen LogP contribution in [0, 0.1) is 5.82 Å². The Morgan fingerprint density at radius 3 is 2.56 bits per heavy atom. The SMILES string of the molecule is CC(C)NC(=O)C(C)Nc1cc(F)c(Br)cc1N. The van der Waals surface area contributed by atoms with Gasteiger partial charge in [-0.15, -0.1) is 0 Å². The van der Waals surface area contributed by atoms with E-state index in [1.165, 1.54) is 12.1 Å². The number of anilines is 2. The number of halogens is 2. The number of nitrogens with one attached hydrogen (secondary N) is 2. The monoisotopic (exact) mass is 317 g/mol. The van der Waals surface area contributed by atoms with Crippen LogP contribution in [0.25, 0.3) is 0 Å². The van der Waals surface area contributed by atoms with Gasteiger partial charge in [0.15, 0.2) is 0 Å². The number of hydrogen-bond acceptors (Lipinski definition) is 3. The van der Waals surface area contributed by atoms with Gasteiger partial charge < -0.3 is 16.4 Å². The number of benzene rings is 1. The maximum Gasteiger partial charge on any atom is 0.242 e. The third kappa shape index (κ3) is 3.87. The van der Waals surface area contributed by atoms with E-state index in [2.05, 4.69) is 26.6 Å². The topological polar surface area (TPSA) is 67.2 Å². The molecule has 0 aliphatic rings. The number of nitrogen functional groups attached to an aromatic ring is 1. The molecule has 0 bridgehead atoms. The molecule has 1 unspecified atom stereocenters. The highest BCUT2D eigenvalue weighted by atomic mass is 79.9. The summed E-state index contributed by atoms with van der Waals surface area (Å²) in [6, 6.07) is 2.29. The van der Waals surface area contributed by atoms with Gasteiger partial charge in [-0.3, -0.25) is 4.79 Å². The molecular weight excluding hydrogens is 301 g/mol. The van der Waals surface area contributed by atoms with Crippen molar-refractivity contribution in [3.05, 3.63) is 22.4 Å². The molecule has 0 fully saturated rings. The Balaban J connectivity index is 2.79. The predicted molar refractivity (Wildman–Crippen MR) is 74.9 cm³/mol. The van der Waals surface area contributed by atoms with Crippen molar-refractivity contribution in [3.63, 3.8) is 0 Å². The Hall–Kier alpha value is -1.30. The van der Waals surface area contributed by atoms with Crippen molar-refractivity contribution < 1.29 is 9.18 Å². The van der Waals surface area contributed by atoms with Crippen molar-refractivity contribution in [1.29, 1.82) is 0 Å². The van der Waals surface area contributed by atoms with E-state index in [-0.39, 0.29) is 11.9 Å². The van der Waals surface area contributed by atoms with Crippen molar-refractivity contribution in [1.82, 2.24) is 5.32 Å². The Kier molecular flexibility index (Phi) is 4.95. The molecule has 0 spiro atoms. The van der Waals surface area contributed by atoms with E-state index in [9.17, 15) is 9.18 Å². The van der Waals surface area contributed by atoms with Gasteiger partial charge in [-0.25, -0.2) is 4.39 Å². The minimum absolute atomic E-state index is 0.0563. The average molecular weight is 318 g/mol. The van der Waals surface area contributed by atoms with Crippen LogP contribution in [0.4, 0.5) is 15.8 Å². The number of nitrogens with two attached hydrogens (primary N) is 1. The molecule has 0 aliphatic carbocycles. The first-order valence-corrected chi connectivity index (χ1v) is 6.42. The summed E-state index contributed by atoms with van der Waals surface area (Å²) >= 11 is 3.05. The van der Waals surface area contributed by atoms with Gasteiger partial charge in [-0.2, -0.15) is 0 Å². The molecule has 1 aromatic carbocycles. The summed E-state index contributed by atoms with van der Waals surface area (Å²) in [5.41, 5.74) is 6.54. The standard InChI is InChI=1S/C12H17BrFN3O/c1-6(2)16-12(18)7(3)17-11-5-9(14)8(13)4-10(11)15/h4-7,17H,15H2,1-3H3,(H,16,18). The quantitative estimate of drug-likeness (QED) is 0.747. The molecule has 1 rings (SSSR count). The second kappa shape index (κ2) is 6.04. The van der Waals surface area contributed by atoms with Crippen LogP contribution in [-0.2, 0) is 4.79 Å².